The molecule has 29 heavy (non-hydrogen) atoms. The predicted octanol–water partition coefficient (Wildman–Crippen LogP) is 4.59. The highest BCUT2D eigenvalue weighted by Gasteiger charge is 2.40. The van der Waals surface area contributed by atoms with E-state index >= 15 is 0 Å². The third-order valence-corrected chi connectivity index (χ3v) is 6.38. The summed E-state index contributed by atoms with van der Waals surface area (Å²) < 4.78 is 7.84. The van der Waals surface area contributed by atoms with Crippen LogP contribution in [0.5, 0.6) is 5.75 Å². The molecule has 0 spiro atoms. The van der Waals surface area contributed by atoms with Crippen molar-refractivity contribution >= 4 is 63.7 Å². The molecule has 1 aromatic heterocycles. The van der Waals surface area contributed by atoms with Crippen molar-refractivity contribution in [2.45, 2.75) is 10.8 Å². The van der Waals surface area contributed by atoms with E-state index in [2.05, 4.69) is 5.32 Å². The Morgan fingerprint density at radius 3 is 2.62 bits per heavy atom. The average Bonchev–Trinajstić information content (AvgIpc) is 3.23. The second kappa shape index (κ2) is 9.39. The number of nitrogens with zero attached hydrogens (tertiary/aromatic N) is 1. The Kier molecular flexibility index (Phi) is 6.89. The number of benzene rings is 2. The summed E-state index contributed by atoms with van der Waals surface area (Å²) in [6.45, 7) is 0. The second-order valence-electron chi connectivity index (χ2n) is 6.08. The predicted molar refractivity (Wildman–Crippen MR) is 121 cm³/mol. The van der Waals surface area contributed by atoms with Gasteiger partial charge >= 0.3 is 10.2 Å². The molecule has 2 aromatic carbocycles. The van der Waals surface area contributed by atoms with E-state index in [0.29, 0.717) is 16.3 Å². The van der Waals surface area contributed by atoms with Gasteiger partial charge < -0.3 is 10.1 Å². The summed E-state index contributed by atoms with van der Waals surface area (Å²) in [5.74, 6) is 0.444. The van der Waals surface area contributed by atoms with E-state index in [-0.39, 0.29) is 35.2 Å². The number of ether oxygens (including phenoxy) is 1. The molecular formula is C21H18BrN2O3S2+. The van der Waals surface area contributed by atoms with Crippen molar-refractivity contribution in [2.24, 2.45) is 0 Å². The van der Waals surface area contributed by atoms with Crippen molar-refractivity contribution in [3.63, 3.8) is 0 Å². The molecule has 0 radical (unpaired) electrons. The number of thioether (sulfide) groups is 1. The van der Waals surface area contributed by atoms with E-state index in [1.165, 1.54) is 23.1 Å². The number of thiazole rings is 1. The van der Waals surface area contributed by atoms with Crippen LogP contribution < -0.4 is 14.6 Å². The maximum Gasteiger partial charge on any atom is 0.433 e. The molecule has 0 saturated heterocycles. The van der Waals surface area contributed by atoms with Gasteiger partial charge in [-0.2, -0.15) is 0 Å². The van der Waals surface area contributed by atoms with Crippen molar-refractivity contribution in [3.05, 3.63) is 76.1 Å². The molecule has 8 heteroatoms. The van der Waals surface area contributed by atoms with Crippen LogP contribution in [0.1, 0.15) is 16.1 Å². The first-order valence-corrected chi connectivity index (χ1v) is 10.3. The maximum absolute atomic E-state index is 12.9. The van der Waals surface area contributed by atoms with Gasteiger partial charge in [-0.15, -0.1) is 21.5 Å². The van der Waals surface area contributed by atoms with Crippen LogP contribution in [-0.2, 0) is 11.2 Å². The monoisotopic (exact) mass is 489 g/mol. The molecule has 1 N–H and O–H groups in total. The molecule has 0 unspecified atom stereocenters. The standard InChI is InChI=1S/C21H16N2O3S2.BrH/c1-26-17-10-6-5-7-14(17)11-18-20(25)23-16(13-27-21(23)28-18)12-19(24)22-15-8-3-2-4-9-15;/h2-11,13H,12H2,1H3;1H/p+1/b18-11-;. The molecule has 1 aliphatic rings. The van der Waals surface area contributed by atoms with Crippen LogP contribution >= 0.6 is 40.1 Å². The molecule has 4 rings (SSSR count). The quantitative estimate of drug-likeness (QED) is 0.420. The summed E-state index contributed by atoms with van der Waals surface area (Å²) in [4.78, 5) is 25.9. The van der Waals surface area contributed by atoms with Crippen molar-refractivity contribution < 1.29 is 18.9 Å². The van der Waals surface area contributed by atoms with E-state index in [0.717, 1.165) is 15.6 Å². The number of fused-ring (bicyclic) bond motifs is 1. The highest BCUT2D eigenvalue weighted by atomic mass is 79.9. The minimum atomic E-state index is -0.153. The fraction of sp³-hybridized carbons (Fsp3) is 0.0952. The Morgan fingerprint density at radius 2 is 1.86 bits per heavy atom. The first kappa shape index (κ1) is 21.3. The van der Waals surface area contributed by atoms with E-state index in [4.69, 9.17) is 4.74 Å². The lowest BCUT2D eigenvalue weighted by molar-refractivity contribution is -0.607. The average molecular weight is 490 g/mol. The topological polar surface area (TPSA) is 59.3 Å². The molecule has 3 aromatic rings. The summed E-state index contributed by atoms with van der Waals surface area (Å²) in [5, 5.41) is 4.72. The number of para-hydroxylation sites is 2. The highest BCUT2D eigenvalue weighted by molar-refractivity contribution is 8.93. The SMILES string of the molecule is Br.COc1ccccc1/C=C1\Sc2scc(CC(=O)Nc3ccccc3)[n+]2C1=O. The number of allylic oxidation sites excluding steroid dienone is 1. The Hall–Kier alpha value is -2.42. The smallest absolute Gasteiger partial charge is 0.433 e. The lowest BCUT2D eigenvalue weighted by Crippen LogP contribution is -2.43. The number of hydrogen-bond acceptors (Lipinski definition) is 5. The molecule has 5 nitrogen and oxygen atoms in total. The van der Waals surface area contributed by atoms with Crippen LogP contribution in [0.2, 0.25) is 0 Å². The molecule has 148 valence electrons. The van der Waals surface area contributed by atoms with Gasteiger partial charge in [-0.1, -0.05) is 47.7 Å². The van der Waals surface area contributed by atoms with Crippen LogP contribution in [0.15, 0.2) is 69.2 Å². The number of amides is 1. The van der Waals surface area contributed by atoms with Crippen molar-refractivity contribution in [1.29, 1.82) is 0 Å². The van der Waals surface area contributed by atoms with Gasteiger partial charge in [0.1, 0.15) is 17.1 Å². The molecular weight excluding hydrogens is 472 g/mol. The zero-order chi connectivity index (χ0) is 19.5. The van der Waals surface area contributed by atoms with E-state index < -0.39 is 0 Å². The van der Waals surface area contributed by atoms with E-state index in [1.807, 2.05) is 66.1 Å². The molecule has 0 bridgehead atoms. The number of anilines is 1. The molecule has 0 saturated carbocycles. The number of nitrogens with one attached hydrogen (secondary N) is 1. The second-order valence-corrected chi connectivity index (χ2v) is 8.22. The Labute approximate surface area is 187 Å². The normalized spacial score (nSPS) is 13.7. The number of rotatable bonds is 5. The fourth-order valence-electron chi connectivity index (χ4n) is 2.90. The summed E-state index contributed by atoms with van der Waals surface area (Å²) in [6, 6.07) is 16.8. The van der Waals surface area contributed by atoms with Crippen LogP contribution in [0, 0.1) is 0 Å². The number of aromatic nitrogens is 1. The van der Waals surface area contributed by atoms with Crippen LogP contribution in [-0.4, -0.2) is 18.9 Å². The highest BCUT2D eigenvalue weighted by Crippen LogP contribution is 2.36. The lowest BCUT2D eigenvalue weighted by atomic mass is 10.2. The van der Waals surface area contributed by atoms with Crippen LogP contribution in [0.25, 0.3) is 6.08 Å². The van der Waals surface area contributed by atoms with Crippen LogP contribution in [0.4, 0.5) is 5.69 Å². The number of hydrogen-bond donors (Lipinski definition) is 1. The molecule has 0 atom stereocenters. The molecule has 2 heterocycles. The zero-order valence-corrected chi connectivity index (χ0v) is 18.8. The maximum atomic E-state index is 12.9. The van der Waals surface area contributed by atoms with Gasteiger partial charge in [0.25, 0.3) is 0 Å². The molecule has 1 amide bonds. The number of halogens is 1. The first-order valence-electron chi connectivity index (χ1n) is 8.60. The van der Waals surface area contributed by atoms with Gasteiger partial charge in [0.05, 0.1) is 12.5 Å². The first-order chi connectivity index (χ1) is 13.7. The van der Waals surface area contributed by atoms with Crippen LogP contribution in [0.3, 0.4) is 0 Å². The summed E-state index contributed by atoms with van der Waals surface area (Å²) in [5.41, 5.74) is 2.27. The third kappa shape index (κ3) is 4.60. The summed E-state index contributed by atoms with van der Waals surface area (Å²) in [6.07, 6.45) is 1.97. The zero-order valence-electron chi connectivity index (χ0n) is 15.5. The van der Waals surface area contributed by atoms with Gasteiger partial charge in [0, 0.05) is 23.0 Å². The van der Waals surface area contributed by atoms with Crippen molar-refractivity contribution in [2.75, 3.05) is 12.4 Å². The van der Waals surface area contributed by atoms with Gasteiger partial charge in [0.15, 0.2) is 0 Å². The molecule has 1 aliphatic heterocycles. The van der Waals surface area contributed by atoms with E-state index in [9.17, 15) is 9.59 Å². The largest absolute Gasteiger partial charge is 0.496 e. The van der Waals surface area contributed by atoms with E-state index in [1.54, 1.807) is 11.7 Å². The molecule has 0 fully saturated rings. The Bertz CT molecular complexity index is 1080. The third-order valence-electron chi connectivity index (χ3n) is 4.20. The van der Waals surface area contributed by atoms with Crippen molar-refractivity contribution in [1.82, 2.24) is 0 Å². The summed E-state index contributed by atoms with van der Waals surface area (Å²) >= 11 is 2.88. The lowest BCUT2D eigenvalue weighted by Gasteiger charge is -2.03. The summed E-state index contributed by atoms with van der Waals surface area (Å²) in [7, 11) is 1.61. The number of carbonyl (C=O) groups is 2. The van der Waals surface area contributed by atoms with Gasteiger partial charge in [-0.25, -0.2) is 4.79 Å². The van der Waals surface area contributed by atoms with Crippen molar-refractivity contribution in [3.8, 4) is 5.75 Å². The minimum Gasteiger partial charge on any atom is -0.496 e. The van der Waals surface area contributed by atoms with Gasteiger partial charge in [-0.05, 0) is 24.3 Å². The van der Waals surface area contributed by atoms with Gasteiger partial charge in [-0.3, -0.25) is 4.79 Å². The van der Waals surface area contributed by atoms with Gasteiger partial charge in [0.2, 0.25) is 11.6 Å². The minimum absolute atomic E-state index is 0. The fourth-order valence-corrected chi connectivity index (χ4v) is 5.08. The number of carbonyl (C=O) groups excluding carboxylic acids is 2. The Morgan fingerprint density at radius 1 is 1.14 bits per heavy atom. The Balaban J connectivity index is 0.00000240. The molecule has 0 aliphatic carbocycles. The number of methoxy groups -OCH3 is 1.